The number of rotatable bonds is 4. The molecule has 25 heavy (non-hydrogen) atoms. The van der Waals surface area contributed by atoms with Gasteiger partial charge in [-0.3, -0.25) is 4.79 Å². The second kappa shape index (κ2) is 8.10. The molecule has 0 bridgehead atoms. The molecule has 0 aliphatic carbocycles. The van der Waals surface area contributed by atoms with Crippen LogP contribution in [0, 0.1) is 5.92 Å². The van der Waals surface area contributed by atoms with Gasteiger partial charge in [-0.1, -0.05) is 12.1 Å². The zero-order chi connectivity index (χ0) is 17.9. The van der Waals surface area contributed by atoms with Gasteiger partial charge >= 0.3 is 0 Å². The summed E-state index contributed by atoms with van der Waals surface area (Å²) in [5, 5.41) is 0. The van der Waals surface area contributed by atoms with Crippen LogP contribution in [0.2, 0.25) is 0 Å². The van der Waals surface area contributed by atoms with Crippen molar-refractivity contribution >= 4 is 27.7 Å². The van der Waals surface area contributed by atoms with Crippen molar-refractivity contribution in [2.45, 2.75) is 41.9 Å². The first kappa shape index (κ1) is 18.7. The number of hydrogen-bond donors (Lipinski definition) is 0. The van der Waals surface area contributed by atoms with Gasteiger partial charge in [0.2, 0.25) is 15.9 Å². The largest absolute Gasteiger partial charge is 0.342 e. The van der Waals surface area contributed by atoms with E-state index in [1.165, 1.54) is 18.2 Å². The molecule has 0 radical (unpaired) electrons. The maximum atomic E-state index is 13.0. The van der Waals surface area contributed by atoms with Gasteiger partial charge in [-0.25, -0.2) is 8.42 Å². The third-order valence-corrected chi connectivity index (χ3v) is 8.04. The number of hydrogen-bond acceptors (Lipinski definition) is 4. The molecule has 1 aromatic carbocycles. The van der Waals surface area contributed by atoms with Gasteiger partial charge in [0, 0.05) is 37.0 Å². The van der Waals surface area contributed by atoms with E-state index in [9.17, 15) is 13.2 Å². The molecule has 2 aliphatic rings. The molecular weight excluding hydrogens is 356 g/mol. The zero-order valence-electron chi connectivity index (χ0n) is 14.7. The van der Waals surface area contributed by atoms with E-state index < -0.39 is 10.0 Å². The lowest BCUT2D eigenvalue weighted by Crippen LogP contribution is -2.45. The predicted octanol–water partition coefficient (Wildman–Crippen LogP) is 2.82. The van der Waals surface area contributed by atoms with Gasteiger partial charge in [0.1, 0.15) is 0 Å². The van der Waals surface area contributed by atoms with Crippen molar-refractivity contribution in [1.82, 2.24) is 9.21 Å². The average Bonchev–Trinajstić information content (AvgIpc) is 2.68. The Morgan fingerprint density at radius 2 is 1.68 bits per heavy atom. The van der Waals surface area contributed by atoms with Crippen LogP contribution in [0.4, 0.5) is 0 Å². The highest BCUT2D eigenvalue weighted by atomic mass is 32.2. The van der Waals surface area contributed by atoms with Crippen molar-refractivity contribution in [2.75, 3.05) is 32.4 Å². The number of piperidine rings is 2. The van der Waals surface area contributed by atoms with Crippen LogP contribution >= 0.6 is 11.8 Å². The summed E-state index contributed by atoms with van der Waals surface area (Å²) in [6, 6.07) is 7.13. The van der Waals surface area contributed by atoms with E-state index in [1.807, 2.05) is 23.3 Å². The highest BCUT2D eigenvalue weighted by Crippen LogP contribution is 2.30. The van der Waals surface area contributed by atoms with Crippen molar-refractivity contribution in [3.8, 4) is 0 Å². The monoisotopic (exact) mass is 382 g/mol. The number of thioether (sulfide) groups is 1. The highest BCUT2D eigenvalue weighted by Gasteiger charge is 2.34. The first-order valence-corrected chi connectivity index (χ1v) is 11.6. The molecule has 2 saturated heterocycles. The van der Waals surface area contributed by atoms with Gasteiger partial charge in [-0.15, -0.1) is 11.8 Å². The Kier molecular flexibility index (Phi) is 6.07. The number of likely N-dealkylation sites (tertiary alicyclic amines) is 1. The number of nitrogens with zero attached hydrogens (tertiary/aromatic N) is 2. The molecule has 0 spiro atoms. The van der Waals surface area contributed by atoms with Gasteiger partial charge in [0.05, 0.1) is 4.90 Å². The van der Waals surface area contributed by atoms with Crippen LogP contribution in [0.5, 0.6) is 0 Å². The first-order valence-electron chi connectivity index (χ1n) is 8.96. The molecular formula is C18H26N2O3S2. The Hall–Kier alpha value is -1.05. The van der Waals surface area contributed by atoms with Crippen LogP contribution in [0.1, 0.15) is 32.1 Å². The van der Waals surface area contributed by atoms with Gasteiger partial charge in [0.25, 0.3) is 0 Å². The fourth-order valence-electron chi connectivity index (χ4n) is 3.69. The summed E-state index contributed by atoms with van der Waals surface area (Å²) in [5.41, 5.74) is 0. The van der Waals surface area contributed by atoms with E-state index in [4.69, 9.17) is 0 Å². The molecule has 0 aromatic heterocycles. The Morgan fingerprint density at radius 1 is 1.04 bits per heavy atom. The van der Waals surface area contributed by atoms with Crippen molar-refractivity contribution < 1.29 is 13.2 Å². The summed E-state index contributed by atoms with van der Waals surface area (Å²) in [4.78, 5) is 15.8. The van der Waals surface area contributed by atoms with Crippen LogP contribution in [-0.2, 0) is 14.8 Å². The molecule has 5 nitrogen and oxygen atoms in total. The standard InChI is InChI=1S/C18H26N2O3S2/c1-24-16-7-3-4-8-17(16)25(22,23)20-13-9-15(10-14-20)18(21)19-11-5-2-6-12-19/h3-4,7-8,15H,2,5-6,9-14H2,1H3. The van der Waals surface area contributed by atoms with Crippen molar-refractivity contribution in [1.29, 1.82) is 0 Å². The molecule has 2 heterocycles. The summed E-state index contributed by atoms with van der Waals surface area (Å²) in [5.74, 6) is 0.196. The minimum atomic E-state index is -3.49. The Bertz CT molecular complexity index is 707. The number of carbonyl (C=O) groups is 1. The van der Waals surface area contributed by atoms with Crippen LogP contribution in [0.15, 0.2) is 34.1 Å². The fraction of sp³-hybridized carbons (Fsp3) is 0.611. The quantitative estimate of drug-likeness (QED) is 0.752. The maximum absolute atomic E-state index is 13.0. The molecule has 2 fully saturated rings. The van der Waals surface area contributed by atoms with Crippen LogP contribution < -0.4 is 0 Å². The van der Waals surface area contributed by atoms with E-state index >= 15 is 0 Å². The van der Waals surface area contributed by atoms with E-state index in [0.29, 0.717) is 30.8 Å². The minimum absolute atomic E-state index is 0.0275. The molecule has 1 amide bonds. The molecule has 2 aliphatic heterocycles. The third kappa shape index (κ3) is 4.04. The van der Waals surface area contributed by atoms with E-state index in [2.05, 4.69) is 0 Å². The molecule has 0 N–H and O–H groups in total. The molecule has 0 atom stereocenters. The number of carbonyl (C=O) groups excluding carboxylic acids is 1. The summed E-state index contributed by atoms with van der Waals surface area (Å²) in [6.07, 6.45) is 6.51. The molecule has 1 aromatic rings. The minimum Gasteiger partial charge on any atom is -0.342 e. The Balaban J connectivity index is 1.66. The SMILES string of the molecule is CSc1ccccc1S(=O)(=O)N1CCC(C(=O)N2CCCCC2)CC1. The summed E-state index contributed by atoms with van der Waals surface area (Å²) in [7, 11) is -3.49. The van der Waals surface area contributed by atoms with Gasteiger partial charge in [-0.05, 0) is 50.5 Å². The summed E-state index contributed by atoms with van der Waals surface area (Å²) in [6.45, 7) is 2.57. The molecule has 3 rings (SSSR count). The lowest BCUT2D eigenvalue weighted by molar-refractivity contribution is -0.137. The van der Waals surface area contributed by atoms with Gasteiger partial charge in [0.15, 0.2) is 0 Å². The lowest BCUT2D eigenvalue weighted by Gasteiger charge is -2.35. The lowest BCUT2D eigenvalue weighted by atomic mass is 9.95. The van der Waals surface area contributed by atoms with Gasteiger partial charge in [-0.2, -0.15) is 4.31 Å². The number of amides is 1. The summed E-state index contributed by atoms with van der Waals surface area (Å²) >= 11 is 1.44. The van der Waals surface area contributed by atoms with Crippen LogP contribution in [-0.4, -0.2) is 56.0 Å². The van der Waals surface area contributed by atoms with Crippen molar-refractivity contribution in [3.05, 3.63) is 24.3 Å². The smallest absolute Gasteiger partial charge is 0.244 e. The Labute approximate surface area is 154 Å². The normalized spacial score (nSPS) is 20.6. The predicted molar refractivity (Wildman–Crippen MR) is 100 cm³/mol. The zero-order valence-corrected chi connectivity index (χ0v) is 16.3. The molecule has 0 saturated carbocycles. The second-order valence-corrected chi connectivity index (χ2v) is 9.47. The topological polar surface area (TPSA) is 57.7 Å². The average molecular weight is 383 g/mol. The number of sulfonamides is 1. The maximum Gasteiger partial charge on any atom is 0.244 e. The van der Waals surface area contributed by atoms with E-state index in [1.54, 1.807) is 16.4 Å². The fourth-order valence-corrected chi connectivity index (χ4v) is 6.28. The Morgan fingerprint density at radius 3 is 2.32 bits per heavy atom. The molecule has 7 heteroatoms. The second-order valence-electron chi connectivity index (χ2n) is 6.72. The highest BCUT2D eigenvalue weighted by molar-refractivity contribution is 7.99. The molecule has 138 valence electrons. The molecule has 0 unspecified atom stereocenters. The number of benzene rings is 1. The van der Waals surface area contributed by atoms with E-state index in [-0.39, 0.29) is 11.8 Å². The third-order valence-electron chi connectivity index (χ3n) is 5.16. The van der Waals surface area contributed by atoms with Gasteiger partial charge < -0.3 is 4.90 Å². The van der Waals surface area contributed by atoms with E-state index in [0.717, 1.165) is 30.8 Å². The first-order chi connectivity index (χ1) is 12.0. The van der Waals surface area contributed by atoms with Crippen LogP contribution in [0.25, 0.3) is 0 Å². The summed E-state index contributed by atoms with van der Waals surface area (Å²) < 4.78 is 27.5. The van der Waals surface area contributed by atoms with Crippen LogP contribution in [0.3, 0.4) is 0 Å². The van der Waals surface area contributed by atoms with Crippen molar-refractivity contribution in [2.24, 2.45) is 5.92 Å². The van der Waals surface area contributed by atoms with Crippen molar-refractivity contribution in [3.63, 3.8) is 0 Å².